The molecule has 0 bridgehead atoms. The second-order valence-corrected chi connectivity index (χ2v) is 25.1. The fraction of sp³-hybridized carbons (Fsp3) is 0.552. The second-order valence-electron chi connectivity index (χ2n) is 25.1. The van der Waals surface area contributed by atoms with E-state index in [9.17, 15) is 79.2 Å². The first-order valence-electron chi connectivity index (χ1n) is 24.9. The number of nitrogens with zero attached hydrogens (tertiary/aromatic N) is 4. The van der Waals surface area contributed by atoms with Crippen LogP contribution in [0.15, 0.2) is 85.2 Å². The number of benzene rings is 2. The average molecular weight is 1640 g/mol. The molecule has 0 aliphatic heterocycles. The number of fused-ring (bicyclic) bond motifs is 2. The van der Waals surface area contributed by atoms with Crippen molar-refractivity contribution in [3.8, 4) is 0 Å². The van der Waals surface area contributed by atoms with E-state index in [1.165, 1.54) is 10.8 Å². The van der Waals surface area contributed by atoms with Crippen molar-refractivity contribution in [2.75, 3.05) is 0 Å². The third-order valence-corrected chi connectivity index (χ3v) is 7.92. The molecule has 30 heteroatoms. The zero-order valence-electron chi connectivity index (χ0n) is 54.1. The van der Waals surface area contributed by atoms with Crippen molar-refractivity contribution in [3.05, 3.63) is 116 Å². The molecule has 4 rings (SSSR count). The number of carboxylic acids is 8. The van der Waals surface area contributed by atoms with Gasteiger partial charge in [-0.05, 0) is 24.3 Å². The molecular weight excluding hydrogens is 1560 g/mol. The van der Waals surface area contributed by atoms with Crippen LogP contribution in [0.2, 0.25) is 0 Å². The standard InChI is InChI=1S/2C9H7N.8C5H10O2.2Co.2Er.2NO3/c2*1-2-6-9-8(4-1)5-3-7-10-9;8*1-5(2,3)4(6)7;;;;;2*2-1(3)4/h2*1-7H;8*1-3H3,(H,6,7);;;;;;/q;;;;;;;;;;+2;+3;;+3;2*-1/p-8. The van der Waals surface area contributed by atoms with E-state index in [-0.39, 0.29) is 108 Å². The molecule has 514 valence electrons. The van der Waals surface area contributed by atoms with Gasteiger partial charge in [-0.25, -0.2) is 0 Å². The largest absolute Gasteiger partial charge is 3.00 e. The van der Waals surface area contributed by atoms with Crippen molar-refractivity contribution in [1.29, 1.82) is 0 Å². The van der Waals surface area contributed by atoms with Crippen LogP contribution in [0.4, 0.5) is 0 Å². The summed E-state index contributed by atoms with van der Waals surface area (Å²) in [5.74, 6) is -8.06. The summed E-state index contributed by atoms with van der Waals surface area (Å²) < 4.78 is 0. The van der Waals surface area contributed by atoms with Crippen molar-refractivity contribution in [3.63, 3.8) is 0 Å². The van der Waals surface area contributed by atoms with Gasteiger partial charge in [0, 0.05) is 152 Å². The van der Waals surface area contributed by atoms with Crippen LogP contribution in [0, 0.1) is 149 Å². The molecule has 0 unspecified atom stereocenters. The summed E-state index contributed by atoms with van der Waals surface area (Å²) in [5, 5.41) is 111. The number of aromatic nitrogens is 2. The summed E-state index contributed by atoms with van der Waals surface area (Å²) >= 11 is 0. The van der Waals surface area contributed by atoms with E-state index in [1.54, 1.807) is 166 Å². The van der Waals surface area contributed by atoms with Gasteiger partial charge in [0.25, 0.3) is 0 Å². The Hall–Kier alpha value is -5.07. The van der Waals surface area contributed by atoms with Gasteiger partial charge in [-0.15, -0.1) is 0 Å². The Labute approximate surface area is 596 Å². The number of hydrogen-bond donors (Lipinski definition) is 0. The summed E-state index contributed by atoms with van der Waals surface area (Å²) in [6, 6.07) is 24.2. The van der Waals surface area contributed by atoms with E-state index in [1.807, 2.05) is 60.9 Å². The van der Waals surface area contributed by atoms with Crippen LogP contribution < -0.4 is 40.9 Å². The van der Waals surface area contributed by atoms with Crippen molar-refractivity contribution in [1.82, 2.24) is 9.97 Å². The molecule has 0 atom stereocenters. The van der Waals surface area contributed by atoms with E-state index < -0.39 is 101 Å². The van der Waals surface area contributed by atoms with Gasteiger partial charge >= 0.3 is 70.9 Å². The molecule has 0 aliphatic rings. The van der Waals surface area contributed by atoms with Crippen molar-refractivity contribution >= 4 is 69.6 Å². The fourth-order valence-electron chi connectivity index (χ4n) is 2.03. The number of para-hydroxylation sites is 2. The zero-order valence-corrected chi connectivity index (χ0v) is 59.9. The smallest absolute Gasteiger partial charge is 0.550 e. The quantitative estimate of drug-likeness (QED) is 0.180. The number of carboxylic acid groups (broad SMARTS) is 8. The van der Waals surface area contributed by atoms with E-state index in [2.05, 4.69) is 34.2 Å². The van der Waals surface area contributed by atoms with Crippen LogP contribution in [0.25, 0.3) is 21.8 Å². The van der Waals surface area contributed by atoms with E-state index in [4.69, 9.17) is 30.6 Å². The summed E-state index contributed by atoms with van der Waals surface area (Å²) in [5.41, 5.74) is -3.44. The SMILES string of the molecule is CC(C)(C)C(=O)[O-].CC(C)(C)C(=O)[O-].CC(C)(C)C(=O)[O-].CC(C)(C)C(=O)[O-].CC(C)(C)C(=O)[O-].CC(C)(C)C(=O)[O-].CC(C)(C)C(=O)[O-].CC(C)(C)C(=O)[O-].O=[N+]([O-])[O-].O=[N+]([O-])[O-].[Co+2].[Co+3].[Er+3].[Er].c1ccc2ncccc2c1.c1ccc2ncccc2c1. The molecule has 0 saturated carbocycles. The van der Waals surface area contributed by atoms with Crippen LogP contribution in [0.1, 0.15) is 166 Å². The molecule has 0 saturated heterocycles. The Kier molecular flexibility index (Phi) is 66.2. The Bertz CT molecular complexity index is 2110. The maximum absolute atomic E-state index is 9.91. The van der Waals surface area contributed by atoms with Gasteiger partial charge in [0.05, 0.1) is 21.2 Å². The Morgan fingerprint density at radius 1 is 0.307 bits per heavy atom. The minimum atomic E-state index is -1.75. The number of rotatable bonds is 0. The molecule has 2 aromatic heterocycles. The summed E-state index contributed by atoms with van der Waals surface area (Å²) in [7, 11) is 0. The molecular formula is C58H86Co2Er2N4O22-2. The molecule has 0 amide bonds. The van der Waals surface area contributed by atoms with E-state index in [0.717, 1.165) is 11.0 Å². The minimum Gasteiger partial charge on any atom is -0.550 e. The number of pyridine rings is 2. The van der Waals surface area contributed by atoms with Gasteiger partial charge in [0.1, 0.15) is 0 Å². The number of aliphatic carboxylic acids is 8. The summed E-state index contributed by atoms with van der Waals surface area (Å²) in [4.78, 5) is 104. The van der Waals surface area contributed by atoms with E-state index >= 15 is 0 Å². The molecule has 0 N–H and O–H groups in total. The molecule has 2 heterocycles. The first kappa shape index (κ1) is 111. The van der Waals surface area contributed by atoms with Gasteiger partial charge in [0.15, 0.2) is 0 Å². The van der Waals surface area contributed by atoms with Gasteiger partial charge in [-0.3, -0.25) is 9.97 Å². The monoisotopic (exact) mass is 1640 g/mol. The predicted molar refractivity (Wildman–Crippen MR) is 300 cm³/mol. The average Bonchev–Trinajstić information content (AvgIpc) is 3.28. The van der Waals surface area contributed by atoms with Gasteiger partial charge in [-0.2, -0.15) is 0 Å². The van der Waals surface area contributed by atoms with E-state index in [0.29, 0.717) is 0 Å². The van der Waals surface area contributed by atoms with Crippen molar-refractivity contribution in [2.45, 2.75) is 166 Å². The molecule has 0 spiro atoms. The van der Waals surface area contributed by atoms with Crippen LogP contribution in [-0.4, -0.2) is 67.9 Å². The Morgan fingerprint density at radius 2 is 0.409 bits per heavy atom. The zero-order chi connectivity index (χ0) is 69.4. The topological polar surface area (TPSA) is 479 Å². The van der Waals surface area contributed by atoms with Gasteiger partial charge in [-0.1, -0.05) is 215 Å². The molecule has 4 aromatic rings. The molecule has 2 radical (unpaired) electrons. The third kappa shape index (κ3) is 83.0. The normalized spacial score (nSPS) is 10.0. The first-order chi connectivity index (χ1) is 36.9. The van der Waals surface area contributed by atoms with Crippen LogP contribution in [-0.2, 0) is 71.9 Å². The van der Waals surface area contributed by atoms with Crippen LogP contribution in [0.3, 0.4) is 0 Å². The molecule has 26 nitrogen and oxygen atoms in total. The maximum Gasteiger partial charge on any atom is 3.00 e. The fourth-order valence-corrected chi connectivity index (χ4v) is 2.03. The maximum atomic E-state index is 9.91. The van der Waals surface area contributed by atoms with Gasteiger partial charge in [0.2, 0.25) is 0 Å². The molecule has 0 fully saturated rings. The number of hydrogen-bond acceptors (Lipinski definition) is 24. The first-order valence-corrected chi connectivity index (χ1v) is 24.9. The number of carbonyl (C=O) groups excluding carboxylic acids is 8. The van der Waals surface area contributed by atoms with Crippen LogP contribution >= 0.6 is 0 Å². The minimum absolute atomic E-state index is 0. The number of carbonyl (C=O) groups is 8. The molecule has 88 heavy (non-hydrogen) atoms. The van der Waals surface area contributed by atoms with Gasteiger partial charge < -0.3 is 110 Å². The third-order valence-electron chi connectivity index (χ3n) is 7.92. The summed E-state index contributed by atoms with van der Waals surface area (Å²) in [6.45, 7) is 38.4. The Balaban J connectivity index is -0.0000000719. The predicted octanol–water partition coefficient (Wildman–Crippen LogP) is 2.25. The van der Waals surface area contributed by atoms with Crippen LogP contribution in [0.5, 0.6) is 0 Å². The molecule has 2 aromatic carbocycles. The molecule has 0 aliphatic carbocycles. The Morgan fingerprint density at radius 3 is 0.511 bits per heavy atom. The van der Waals surface area contributed by atoms with Crippen molar-refractivity contribution in [2.24, 2.45) is 43.3 Å². The van der Waals surface area contributed by atoms with Crippen molar-refractivity contribution < 1.29 is 198 Å². The summed E-state index contributed by atoms with van der Waals surface area (Å²) in [6.07, 6.45) is 3.62. The second kappa shape index (κ2) is 52.7.